The van der Waals surface area contributed by atoms with Gasteiger partial charge < -0.3 is 15.7 Å². The minimum absolute atomic E-state index is 0.0122. The Hall–Kier alpha value is -3.66. The summed E-state index contributed by atoms with van der Waals surface area (Å²) >= 11 is 0. The first-order valence-corrected chi connectivity index (χ1v) is 12.4. The van der Waals surface area contributed by atoms with E-state index in [1.165, 1.54) is 16.7 Å². The van der Waals surface area contributed by atoms with Crippen LogP contribution in [0.3, 0.4) is 0 Å². The van der Waals surface area contributed by atoms with Crippen LogP contribution in [0.25, 0.3) is 0 Å². The van der Waals surface area contributed by atoms with Gasteiger partial charge in [0.25, 0.3) is 0 Å². The number of fused-ring (bicyclic) bond motifs is 1. The van der Waals surface area contributed by atoms with Crippen LogP contribution >= 0.6 is 0 Å². The van der Waals surface area contributed by atoms with E-state index in [1.807, 2.05) is 55.2 Å². The highest BCUT2D eigenvalue weighted by molar-refractivity contribution is 5.88. The molecule has 0 saturated heterocycles. The highest BCUT2D eigenvalue weighted by atomic mass is 19.4. The normalized spacial score (nSPS) is 15.2. The lowest BCUT2D eigenvalue weighted by atomic mass is 9.96. The third-order valence-corrected chi connectivity index (χ3v) is 6.37. The molecule has 3 rings (SSSR count). The monoisotopic (exact) mass is 533 g/mol. The Bertz CT molecular complexity index is 1080. The number of carboxylic acids is 1. The fourth-order valence-corrected chi connectivity index (χ4v) is 3.99. The summed E-state index contributed by atoms with van der Waals surface area (Å²) in [6, 6.07) is 17.8. The highest BCUT2D eigenvalue weighted by Crippen LogP contribution is 2.22. The van der Waals surface area contributed by atoms with Crippen molar-refractivity contribution in [2.24, 2.45) is 11.7 Å². The van der Waals surface area contributed by atoms with Gasteiger partial charge in [-0.3, -0.25) is 14.9 Å². The van der Waals surface area contributed by atoms with E-state index in [4.69, 9.17) is 15.6 Å². The van der Waals surface area contributed by atoms with Gasteiger partial charge in [0.2, 0.25) is 11.8 Å². The number of carbonyl (C=O) groups excluding carboxylic acids is 2. The number of benzene rings is 2. The third-order valence-electron chi connectivity index (χ3n) is 6.37. The number of amides is 2. The number of halogens is 3. The Labute approximate surface area is 220 Å². The molecule has 0 radical (unpaired) electrons. The van der Waals surface area contributed by atoms with Crippen molar-refractivity contribution in [2.45, 2.75) is 64.5 Å². The van der Waals surface area contributed by atoms with Crippen LogP contribution in [0.2, 0.25) is 0 Å². The summed E-state index contributed by atoms with van der Waals surface area (Å²) in [7, 11) is 0. The Kier molecular flexibility index (Phi) is 11.5. The molecule has 0 aromatic heterocycles. The summed E-state index contributed by atoms with van der Waals surface area (Å²) in [5, 5.41) is 10.5. The first-order valence-electron chi connectivity index (χ1n) is 12.4. The van der Waals surface area contributed by atoms with Crippen molar-refractivity contribution in [1.29, 1.82) is 0 Å². The van der Waals surface area contributed by atoms with Gasteiger partial charge in [-0.15, -0.1) is 0 Å². The number of nitrogens with two attached hydrogens (primary N) is 1. The van der Waals surface area contributed by atoms with Crippen LogP contribution in [0.15, 0.2) is 66.7 Å². The Morgan fingerprint density at radius 3 is 2.05 bits per heavy atom. The predicted molar refractivity (Wildman–Crippen MR) is 138 cm³/mol. The number of nitrogens with one attached hydrogen (secondary N) is 1. The number of primary amides is 1. The second-order valence-electron chi connectivity index (χ2n) is 9.19. The molecule has 0 aliphatic carbocycles. The van der Waals surface area contributed by atoms with Crippen molar-refractivity contribution in [1.82, 2.24) is 10.2 Å². The quantitative estimate of drug-likeness (QED) is 0.396. The van der Waals surface area contributed by atoms with Gasteiger partial charge in [-0.2, -0.15) is 13.2 Å². The second kappa shape index (κ2) is 14.3. The summed E-state index contributed by atoms with van der Waals surface area (Å²) in [5.74, 6) is -3.00. The molecule has 0 unspecified atom stereocenters. The number of hydrogen-bond donors (Lipinski definition) is 3. The highest BCUT2D eigenvalue weighted by Gasteiger charge is 2.38. The van der Waals surface area contributed by atoms with Crippen LogP contribution in [-0.2, 0) is 33.9 Å². The van der Waals surface area contributed by atoms with E-state index in [-0.39, 0.29) is 23.8 Å². The van der Waals surface area contributed by atoms with E-state index < -0.39 is 18.2 Å². The minimum atomic E-state index is -5.08. The lowest BCUT2D eigenvalue weighted by Gasteiger charge is -2.26. The molecule has 1 aliphatic heterocycles. The molecule has 2 aromatic carbocycles. The lowest BCUT2D eigenvalue weighted by molar-refractivity contribution is -0.192. The molecular weight excluding hydrogens is 499 g/mol. The van der Waals surface area contributed by atoms with E-state index in [1.54, 1.807) is 6.08 Å². The van der Waals surface area contributed by atoms with Crippen LogP contribution in [0.4, 0.5) is 13.2 Å². The summed E-state index contributed by atoms with van der Waals surface area (Å²) in [5.41, 5.74) is 9.30. The maximum Gasteiger partial charge on any atom is 0.490 e. The first kappa shape index (κ1) is 30.6. The topological polar surface area (TPSA) is 113 Å². The summed E-state index contributed by atoms with van der Waals surface area (Å²) in [6.07, 6.45) is 0.920. The fourth-order valence-electron chi connectivity index (χ4n) is 3.99. The molecule has 4 N–H and O–H groups in total. The predicted octanol–water partition coefficient (Wildman–Crippen LogP) is 4.21. The van der Waals surface area contributed by atoms with Gasteiger partial charge in [-0.05, 0) is 35.4 Å². The average molecular weight is 534 g/mol. The van der Waals surface area contributed by atoms with Crippen molar-refractivity contribution in [2.75, 3.05) is 0 Å². The maximum atomic E-state index is 12.8. The Morgan fingerprint density at radius 1 is 1.05 bits per heavy atom. The molecule has 0 saturated carbocycles. The van der Waals surface area contributed by atoms with E-state index in [2.05, 4.69) is 29.6 Å². The Morgan fingerprint density at radius 2 is 1.58 bits per heavy atom. The number of carbonyl (C=O) groups is 3. The molecule has 2 aromatic rings. The van der Waals surface area contributed by atoms with Crippen molar-refractivity contribution in [3.63, 3.8) is 0 Å². The first-order chi connectivity index (χ1) is 17.9. The fraction of sp³-hybridized carbons (Fsp3) is 0.393. The summed E-state index contributed by atoms with van der Waals surface area (Å²) in [4.78, 5) is 35.6. The van der Waals surface area contributed by atoms with E-state index in [0.29, 0.717) is 13.1 Å². The number of aliphatic carboxylic acids is 1. The van der Waals surface area contributed by atoms with Gasteiger partial charge in [0.05, 0.1) is 6.04 Å². The zero-order valence-electron chi connectivity index (χ0n) is 21.4. The molecule has 3 atom stereocenters. The summed E-state index contributed by atoms with van der Waals surface area (Å²) < 4.78 is 31.7. The molecule has 0 spiro atoms. The number of hydrogen-bond acceptors (Lipinski definition) is 4. The minimum Gasteiger partial charge on any atom is -0.475 e. The number of aryl methyl sites for hydroxylation is 1. The van der Waals surface area contributed by atoms with Crippen LogP contribution < -0.4 is 11.1 Å². The van der Waals surface area contributed by atoms with E-state index in [0.717, 1.165) is 19.3 Å². The molecule has 206 valence electrons. The largest absolute Gasteiger partial charge is 0.490 e. The average Bonchev–Trinajstić information content (AvgIpc) is 3.32. The van der Waals surface area contributed by atoms with E-state index >= 15 is 0 Å². The van der Waals surface area contributed by atoms with Crippen LogP contribution in [0.5, 0.6) is 0 Å². The summed E-state index contributed by atoms with van der Waals surface area (Å²) in [6.45, 7) is 5.34. The molecule has 1 heterocycles. The lowest BCUT2D eigenvalue weighted by Crippen LogP contribution is -2.49. The zero-order valence-corrected chi connectivity index (χ0v) is 21.4. The van der Waals surface area contributed by atoms with Gasteiger partial charge in [0.15, 0.2) is 0 Å². The number of carboxylic acid groups (broad SMARTS) is 1. The van der Waals surface area contributed by atoms with E-state index in [9.17, 15) is 22.8 Å². The molecule has 0 bridgehead atoms. The molecular formula is C28H34F3N3O4. The number of rotatable bonds is 10. The molecule has 2 amide bonds. The molecule has 1 aliphatic rings. The maximum absolute atomic E-state index is 12.8. The van der Waals surface area contributed by atoms with Gasteiger partial charge in [0, 0.05) is 25.2 Å². The Balaban J connectivity index is 0.000000638. The van der Waals surface area contributed by atoms with Crippen LogP contribution in [0, 0.1) is 5.92 Å². The van der Waals surface area contributed by atoms with Crippen molar-refractivity contribution >= 4 is 17.8 Å². The SMILES string of the molecule is CC[C@H](C)[C@H](N[C@H](/C=C/C(=O)N1Cc2ccccc2C1)CCc1ccccc1)C(N)=O.O=C(O)C(F)(F)F. The zero-order chi connectivity index (χ0) is 28.3. The third kappa shape index (κ3) is 9.66. The van der Waals surface area contributed by atoms with Crippen molar-refractivity contribution < 1.29 is 32.7 Å². The van der Waals surface area contributed by atoms with Crippen molar-refractivity contribution in [3.8, 4) is 0 Å². The number of alkyl halides is 3. The van der Waals surface area contributed by atoms with Gasteiger partial charge in [-0.1, -0.05) is 80.9 Å². The van der Waals surface area contributed by atoms with Crippen LogP contribution in [-0.4, -0.2) is 46.1 Å². The molecule has 7 nitrogen and oxygen atoms in total. The van der Waals surface area contributed by atoms with Gasteiger partial charge in [-0.25, -0.2) is 4.79 Å². The van der Waals surface area contributed by atoms with Crippen molar-refractivity contribution in [3.05, 3.63) is 83.4 Å². The molecule has 38 heavy (non-hydrogen) atoms. The van der Waals surface area contributed by atoms with Crippen LogP contribution in [0.1, 0.15) is 43.4 Å². The number of nitrogens with zero attached hydrogens (tertiary/aromatic N) is 1. The van der Waals surface area contributed by atoms with Gasteiger partial charge in [0.1, 0.15) is 0 Å². The molecule has 10 heteroatoms. The molecule has 0 fully saturated rings. The standard InChI is InChI=1S/C26H33N3O2.C2HF3O2/c1-3-19(2)25(26(27)31)28-23(14-13-20-9-5-4-6-10-20)15-16-24(30)29-17-21-11-7-8-12-22(21)18-29;3-2(4,5)1(6)7/h4-12,15-16,19,23,25,28H,3,13-14,17-18H2,1-2H3,(H2,27,31);(H,6,7)/b16-15+;/t19-,23-,25-;/m0./s1. The van der Waals surface area contributed by atoms with Gasteiger partial charge >= 0.3 is 12.1 Å². The smallest absolute Gasteiger partial charge is 0.475 e. The second-order valence-corrected chi connectivity index (χ2v) is 9.19.